The van der Waals surface area contributed by atoms with Crippen LogP contribution in [-0.2, 0) is 4.74 Å². The lowest BCUT2D eigenvalue weighted by Crippen LogP contribution is -2.50. The van der Waals surface area contributed by atoms with Crippen LogP contribution < -0.4 is 0 Å². The summed E-state index contributed by atoms with van der Waals surface area (Å²) in [6.45, 7) is 15.0. The van der Waals surface area contributed by atoms with Crippen LogP contribution in [0.25, 0.3) is 0 Å². The first-order chi connectivity index (χ1) is 7.28. The lowest BCUT2D eigenvalue weighted by Gasteiger charge is -2.45. The summed E-state index contributed by atoms with van der Waals surface area (Å²) in [6, 6.07) is 0. The molecule has 96 valence electrons. The lowest BCUT2D eigenvalue weighted by molar-refractivity contribution is -0.0854. The summed E-state index contributed by atoms with van der Waals surface area (Å²) < 4.78 is 5.64. The van der Waals surface area contributed by atoms with Crippen LogP contribution in [0.5, 0.6) is 0 Å². The molecule has 16 heavy (non-hydrogen) atoms. The van der Waals surface area contributed by atoms with Crippen molar-refractivity contribution in [1.29, 1.82) is 0 Å². The molecule has 0 bridgehead atoms. The first-order valence-corrected chi connectivity index (χ1v) is 6.56. The fraction of sp³-hybridized carbons (Fsp3) is 1.00. The maximum atomic E-state index is 5.64. The second-order valence-electron chi connectivity index (χ2n) is 6.56. The Morgan fingerprint density at radius 2 is 1.62 bits per heavy atom. The van der Waals surface area contributed by atoms with Crippen LogP contribution in [0.4, 0.5) is 0 Å². The highest BCUT2D eigenvalue weighted by atomic mass is 16.5. The van der Waals surface area contributed by atoms with E-state index in [1.54, 1.807) is 0 Å². The van der Waals surface area contributed by atoms with Crippen molar-refractivity contribution < 1.29 is 4.74 Å². The van der Waals surface area contributed by atoms with E-state index in [-0.39, 0.29) is 11.0 Å². The van der Waals surface area contributed by atoms with Crippen molar-refractivity contribution in [2.45, 2.75) is 53.1 Å². The van der Waals surface area contributed by atoms with Gasteiger partial charge in [-0.25, -0.2) is 0 Å². The van der Waals surface area contributed by atoms with E-state index >= 15 is 0 Å². The summed E-state index contributed by atoms with van der Waals surface area (Å²) in [5.41, 5.74) is 0.137. The largest absolute Gasteiger partial charge is 0.378 e. The van der Waals surface area contributed by atoms with Gasteiger partial charge in [-0.05, 0) is 45.7 Å². The minimum absolute atomic E-state index is 0.0595. The van der Waals surface area contributed by atoms with Crippen molar-refractivity contribution in [2.24, 2.45) is 11.3 Å². The number of piperidine rings is 1. The second kappa shape index (κ2) is 5.05. The Morgan fingerprint density at radius 3 is 2.06 bits per heavy atom. The molecule has 0 aromatic rings. The molecule has 2 nitrogen and oxygen atoms in total. The molecule has 1 aliphatic rings. The summed E-state index contributed by atoms with van der Waals surface area (Å²) >= 11 is 0. The van der Waals surface area contributed by atoms with Crippen LogP contribution in [0.15, 0.2) is 0 Å². The van der Waals surface area contributed by atoms with Crippen molar-refractivity contribution in [1.82, 2.24) is 4.90 Å². The summed E-state index contributed by atoms with van der Waals surface area (Å²) in [5.74, 6) is 0.912. The first-order valence-electron chi connectivity index (χ1n) is 6.56. The minimum atomic E-state index is -0.0595. The van der Waals surface area contributed by atoms with Gasteiger partial charge >= 0.3 is 0 Å². The van der Waals surface area contributed by atoms with Gasteiger partial charge in [-0.15, -0.1) is 0 Å². The van der Waals surface area contributed by atoms with E-state index in [4.69, 9.17) is 4.74 Å². The Hall–Kier alpha value is -0.0800. The van der Waals surface area contributed by atoms with Gasteiger partial charge < -0.3 is 9.64 Å². The van der Waals surface area contributed by atoms with Crippen LogP contribution in [0.2, 0.25) is 0 Å². The number of likely N-dealkylation sites (tertiary alicyclic amines) is 1. The van der Waals surface area contributed by atoms with Crippen molar-refractivity contribution in [3.8, 4) is 0 Å². The predicted octanol–water partition coefficient (Wildman–Crippen LogP) is 3.17. The Balaban J connectivity index is 2.52. The maximum Gasteiger partial charge on any atom is 0.0685 e. The molecule has 1 aliphatic heterocycles. The Kier molecular flexibility index (Phi) is 4.42. The lowest BCUT2D eigenvalue weighted by atomic mass is 9.76. The van der Waals surface area contributed by atoms with Crippen molar-refractivity contribution in [3.05, 3.63) is 0 Å². The summed E-state index contributed by atoms with van der Waals surface area (Å²) in [6.07, 6.45) is 2.70. The van der Waals surface area contributed by atoms with Crippen molar-refractivity contribution in [3.63, 3.8) is 0 Å². The molecule has 0 aromatic heterocycles. The summed E-state index contributed by atoms with van der Waals surface area (Å²) in [5, 5.41) is 0. The molecule has 0 N–H and O–H groups in total. The van der Waals surface area contributed by atoms with E-state index in [0.717, 1.165) is 12.5 Å². The molecular weight excluding hydrogens is 198 g/mol. The van der Waals surface area contributed by atoms with Crippen LogP contribution >= 0.6 is 0 Å². The third-order valence-corrected chi connectivity index (χ3v) is 4.64. The topological polar surface area (TPSA) is 12.5 Å². The smallest absolute Gasteiger partial charge is 0.0685 e. The monoisotopic (exact) mass is 227 g/mol. The van der Waals surface area contributed by atoms with Crippen molar-refractivity contribution in [2.75, 3.05) is 26.7 Å². The molecule has 1 fully saturated rings. The van der Waals surface area contributed by atoms with E-state index < -0.39 is 0 Å². The van der Waals surface area contributed by atoms with Crippen LogP contribution in [0.3, 0.4) is 0 Å². The second-order valence-corrected chi connectivity index (χ2v) is 6.56. The highest BCUT2D eigenvalue weighted by Gasteiger charge is 2.38. The fourth-order valence-electron chi connectivity index (χ4n) is 2.25. The average Bonchev–Trinajstić information content (AvgIpc) is 2.21. The predicted molar refractivity (Wildman–Crippen MR) is 69.7 cm³/mol. The molecular formula is C14H29NO. The Morgan fingerprint density at radius 1 is 1.12 bits per heavy atom. The molecule has 0 atom stereocenters. The molecule has 0 spiro atoms. The van der Waals surface area contributed by atoms with Crippen molar-refractivity contribution >= 4 is 0 Å². The number of rotatable bonds is 4. The summed E-state index contributed by atoms with van der Waals surface area (Å²) in [4.78, 5) is 2.60. The molecule has 1 heterocycles. The van der Waals surface area contributed by atoms with E-state index in [1.807, 2.05) is 7.11 Å². The quantitative estimate of drug-likeness (QED) is 0.731. The van der Waals surface area contributed by atoms with Gasteiger partial charge in [-0.3, -0.25) is 0 Å². The van der Waals surface area contributed by atoms with Gasteiger partial charge in [-0.1, -0.05) is 20.8 Å². The van der Waals surface area contributed by atoms with Gasteiger partial charge in [0.1, 0.15) is 0 Å². The van der Waals surface area contributed by atoms with Gasteiger partial charge in [0.15, 0.2) is 0 Å². The van der Waals surface area contributed by atoms with Crippen LogP contribution in [0, 0.1) is 11.3 Å². The molecule has 1 saturated heterocycles. The molecule has 0 amide bonds. The van der Waals surface area contributed by atoms with Crippen LogP contribution in [0.1, 0.15) is 47.5 Å². The number of ether oxygens (including phenoxy) is 1. The molecule has 2 heteroatoms. The normalized spacial score (nSPS) is 21.4. The zero-order chi connectivity index (χ0) is 12.4. The Labute approximate surface area is 101 Å². The van der Waals surface area contributed by atoms with E-state index in [9.17, 15) is 0 Å². The molecule has 0 aromatic carbocycles. The molecule has 1 rings (SSSR count). The van der Waals surface area contributed by atoms with E-state index in [0.29, 0.717) is 0 Å². The highest BCUT2D eigenvalue weighted by molar-refractivity contribution is 4.90. The first kappa shape index (κ1) is 14.0. The van der Waals surface area contributed by atoms with E-state index in [2.05, 4.69) is 39.5 Å². The number of hydrogen-bond acceptors (Lipinski definition) is 2. The Bertz CT molecular complexity index is 215. The minimum Gasteiger partial charge on any atom is -0.378 e. The number of methoxy groups -OCH3 is 1. The zero-order valence-electron chi connectivity index (χ0n) is 12.0. The summed E-state index contributed by atoms with van der Waals surface area (Å²) in [7, 11) is 1.82. The van der Waals surface area contributed by atoms with Gasteiger partial charge in [0, 0.05) is 19.1 Å². The number of hydrogen-bond donors (Lipinski definition) is 0. The average molecular weight is 227 g/mol. The third kappa shape index (κ3) is 3.21. The standard InChI is InChI=1S/C14H29NO/c1-12-7-9-15(10-8-12)11-13(2,3)14(4,5)16-6/h12H,7-11H2,1-6H3. The molecule has 0 unspecified atom stereocenters. The molecule has 0 aliphatic carbocycles. The highest BCUT2D eigenvalue weighted by Crippen LogP contribution is 2.34. The van der Waals surface area contributed by atoms with Gasteiger partial charge in [-0.2, -0.15) is 0 Å². The molecule has 0 saturated carbocycles. The van der Waals surface area contributed by atoms with E-state index in [1.165, 1.54) is 25.9 Å². The number of nitrogens with zero attached hydrogens (tertiary/aromatic N) is 1. The molecule has 0 radical (unpaired) electrons. The maximum absolute atomic E-state index is 5.64. The SMILES string of the molecule is COC(C)(C)C(C)(C)CN1CCC(C)CC1. The zero-order valence-corrected chi connectivity index (χ0v) is 12.0. The van der Waals surface area contributed by atoms with Gasteiger partial charge in [0.05, 0.1) is 5.60 Å². The van der Waals surface area contributed by atoms with Crippen LogP contribution in [-0.4, -0.2) is 37.2 Å². The fourth-order valence-corrected chi connectivity index (χ4v) is 2.25. The van der Waals surface area contributed by atoms with Gasteiger partial charge in [0.2, 0.25) is 0 Å². The third-order valence-electron chi connectivity index (χ3n) is 4.64. The van der Waals surface area contributed by atoms with Gasteiger partial charge in [0.25, 0.3) is 0 Å².